The fourth-order valence-corrected chi connectivity index (χ4v) is 4.13. The van der Waals surface area contributed by atoms with Crippen molar-refractivity contribution in [3.05, 3.63) is 94.5 Å². The van der Waals surface area contributed by atoms with E-state index in [-0.39, 0.29) is 23.5 Å². The van der Waals surface area contributed by atoms with Crippen LogP contribution in [-0.4, -0.2) is 34.9 Å². The normalized spacial score (nSPS) is 15.9. The van der Waals surface area contributed by atoms with E-state index in [1.54, 1.807) is 17.0 Å². The molecular weight excluding hydrogens is 424 g/mol. The highest BCUT2D eigenvalue weighted by Gasteiger charge is 2.29. The molecule has 0 saturated carbocycles. The summed E-state index contributed by atoms with van der Waals surface area (Å²) in [4.78, 5) is 27.4. The van der Waals surface area contributed by atoms with Gasteiger partial charge in [-0.2, -0.15) is 0 Å². The molecule has 164 valence electrons. The van der Waals surface area contributed by atoms with Gasteiger partial charge in [0.25, 0.3) is 5.91 Å². The quantitative estimate of drug-likeness (QED) is 0.568. The first-order chi connectivity index (χ1) is 15.5. The molecule has 32 heavy (non-hydrogen) atoms. The predicted octanol–water partition coefficient (Wildman–Crippen LogP) is 5.13. The highest BCUT2D eigenvalue weighted by atomic mass is 35.5. The van der Waals surface area contributed by atoms with Crippen molar-refractivity contribution in [1.82, 2.24) is 4.90 Å². The second-order valence-electron chi connectivity index (χ2n) is 8.13. The number of aromatic hydroxyl groups is 1. The van der Waals surface area contributed by atoms with E-state index >= 15 is 0 Å². The van der Waals surface area contributed by atoms with Crippen molar-refractivity contribution >= 4 is 29.1 Å². The molecule has 3 aromatic carbocycles. The summed E-state index contributed by atoms with van der Waals surface area (Å²) in [5.74, 6) is -0.329. The Kier molecular flexibility index (Phi) is 6.76. The summed E-state index contributed by atoms with van der Waals surface area (Å²) in [5, 5.41) is 13.2. The molecule has 2 N–H and O–H groups in total. The van der Waals surface area contributed by atoms with Crippen molar-refractivity contribution in [2.75, 3.05) is 18.4 Å². The smallest absolute Gasteiger partial charge is 0.253 e. The van der Waals surface area contributed by atoms with Crippen LogP contribution in [0, 0.1) is 5.92 Å². The van der Waals surface area contributed by atoms with Crippen LogP contribution in [0.5, 0.6) is 5.75 Å². The zero-order valence-corrected chi connectivity index (χ0v) is 18.4. The lowest BCUT2D eigenvalue weighted by Gasteiger charge is -2.32. The number of hydrogen-bond donors (Lipinski definition) is 2. The number of amides is 2. The summed E-state index contributed by atoms with van der Waals surface area (Å²) in [7, 11) is 0. The van der Waals surface area contributed by atoms with Crippen molar-refractivity contribution in [3.63, 3.8) is 0 Å². The summed E-state index contributed by atoms with van der Waals surface area (Å²) in [6.07, 6.45) is 2.27. The number of benzene rings is 3. The molecule has 0 bridgehead atoms. The van der Waals surface area contributed by atoms with Gasteiger partial charge < -0.3 is 15.3 Å². The largest absolute Gasteiger partial charge is 0.508 e. The Hall–Kier alpha value is -3.31. The van der Waals surface area contributed by atoms with Crippen molar-refractivity contribution in [3.8, 4) is 5.75 Å². The Morgan fingerprint density at radius 1 is 1.00 bits per heavy atom. The lowest BCUT2D eigenvalue weighted by Crippen LogP contribution is -2.43. The molecule has 2 amide bonds. The van der Waals surface area contributed by atoms with Crippen LogP contribution in [0.25, 0.3) is 0 Å². The van der Waals surface area contributed by atoms with E-state index < -0.39 is 0 Å². The number of rotatable bonds is 5. The molecule has 3 aromatic rings. The maximum atomic E-state index is 12.9. The van der Waals surface area contributed by atoms with Crippen LogP contribution in [-0.2, 0) is 11.2 Å². The molecule has 1 saturated heterocycles. The molecular formula is C26H25ClN2O3. The minimum atomic E-state index is -0.260. The van der Waals surface area contributed by atoms with Crippen LogP contribution in [0.2, 0.25) is 5.02 Å². The lowest BCUT2D eigenvalue weighted by molar-refractivity contribution is -0.121. The Labute approximate surface area is 192 Å². The standard InChI is InChI=1S/C26H25ClN2O3/c27-22-10-6-18(7-11-22)15-19-3-1-5-23(16-19)28-25(31)21-4-2-14-29(17-21)26(32)20-8-12-24(30)13-9-20/h1,3,5-13,16,21,30H,2,4,14-15,17H2,(H,28,31). The van der Waals surface area contributed by atoms with Crippen molar-refractivity contribution < 1.29 is 14.7 Å². The number of carbonyl (C=O) groups is 2. The molecule has 1 unspecified atom stereocenters. The van der Waals surface area contributed by atoms with E-state index in [2.05, 4.69) is 5.32 Å². The number of anilines is 1. The molecule has 0 spiro atoms. The first kappa shape index (κ1) is 21.9. The first-order valence-corrected chi connectivity index (χ1v) is 11.1. The molecule has 0 aromatic heterocycles. The van der Waals surface area contributed by atoms with Gasteiger partial charge in [-0.25, -0.2) is 0 Å². The highest BCUT2D eigenvalue weighted by Crippen LogP contribution is 2.22. The first-order valence-electron chi connectivity index (χ1n) is 10.7. The minimum absolute atomic E-state index is 0.0724. The van der Waals surface area contributed by atoms with Crippen LogP contribution in [0.15, 0.2) is 72.8 Å². The van der Waals surface area contributed by atoms with Gasteiger partial charge in [-0.1, -0.05) is 35.9 Å². The molecule has 1 fully saturated rings. The Balaban J connectivity index is 1.38. The average Bonchev–Trinajstić information content (AvgIpc) is 2.81. The predicted molar refractivity (Wildman–Crippen MR) is 126 cm³/mol. The van der Waals surface area contributed by atoms with Gasteiger partial charge in [0, 0.05) is 29.4 Å². The minimum Gasteiger partial charge on any atom is -0.508 e. The van der Waals surface area contributed by atoms with E-state index in [4.69, 9.17) is 11.6 Å². The number of phenols is 1. The SMILES string of the molecule is O=C(Nc1cccc(Cc2ccc(Cl)cc2)c1)C1CCCN(C(=O)c2ccc(O)cc2)C1. The molecule has 4 rings (SSSR count). The van der Waals surface area contributed by atoms with E-state index in [1.807, 2.05) is 48.5 Å². The zero-order chi connectivity index (χ0) is 22.5. The third kappa shape index (κ3) is 5.48. The second kappa shape index (κ2) is 9.88. The van der Waals surface area contributed by atoms with Crippen LogP contribution in [0.3, 0.4) is 0 Å². The number of nitrogens with one attached hydrogen (secondary N) is 1. The molecule has 1 atom stereocenters. The summed E-state index contributed by atoms with van der Waals surface area (Å²) in [5.41, 5.74) is 3.51. The number of nitrogens with zero attached hydrogens (tertiary/aromatic N) is 1. The second-order valence-corrected chi connectivity index (χ2v) is 8.57. The van der Waals surface area contributed by atoms with Crippen molar-refractivity contribution in [2.45, 2.75) is 19.3 Å². The molecule has 1 heterocycles. The monoisotopic (exact) mass is 448 g/mol. The molecule has 1 aliphatic heterocycles. The fourth-order valence-electron chi connectivity index (χ4n) is 4.00. The van der Waals surface area contributed by atoms with E-state index in [1.165, 1.54) is 12.1 Å². The van der Waals surface area contributed by atoms with Gasteiger partial charge >= 0.3 is 0 Å². The maximum Gasteiger partial charge on any atom is 0.253 e. The summed E-state index contributed by atoms with van der Waals surface area (Å²) < 4.78 is 0. The van der Waals surface area contributed by atoms with Gasteiger partial charge in [-0.3, -0.25) is 9.59 Å². The highest BCUT2D eigenvalue weighted by molar-refractivity contribution is 6.30. The van der Waals surface area contributed by atoms with E-state index in [0.29, 0.717) is 23.7 Å². The van der Waals surface area contributed by atoms with Crippen LogP contribution < -0.4 is 5.32 Å². The molecule has 0 aliphatic carbocycles. The Morgan fingerprint density at radius 3 is 2.50 bits per heavy atom. The Bertz CT molecular complexity index is 1100. The topological polar surface area (TPSA) is 69.6 Å². The lowest BCUT2D eigenvalue weighted by atomic mass is 9.96. The van der Waals surface area contributed by atoms with Gasteiger partial charge in [0.15, 0.2) is 0 Å². The molecule has 6 heteroatoms. The van der Waals surface area contributed by atoms with Crippen LogP contribution in [0.4, 0.5) is 5.69 Å². The Morgan fingerprint density at radius 2 is 1.75 bits per heavy atom. The zero-order valence-electron chi connectivity index (χ0n) is 17.6. The van der Waals surface area contributed by atoms with Crippen molar-refractivity contribution in [2.24, 2.45) is 5.92 Å². The van der Waals surface area contributed by atoms with E-state index in [0.717, 1.165) is 36.1 Å². The van der Waals surface area contributed by atoms with Crippen LogP contribution >= 0.6 is 11.6 Å². The number of piperidine rings is 1. The van der Waals surface area contributed by atoms with Gasteiger partial charge in [0.05, 0.1) is 5.92 Å². The summed E-state index contributed by atoms with van der Waals surface area (Å²) >= 11 is 5.96. The number of hydrogen-bond acceptors (Lipinski definition) is 3. The third-order valence-electron chi connectivity index (χ3n) is 5.71. The molecule has 5 nitrogen and oxygen atoms in total. The maximum absolute atomic E-state index is 12.9. The number of phenolic OH excluding ortho intramolecular Hbond substituents is 1. The summed E-state index contributed by atoms with van der Waals surface area (Å²) in [6, 6.07) is 21.8. The van der Waals surface area contributed by atoms with Crippen LogP contribution in [0.1, 0.15) is 34.3 Å². The number of carbonyl (C=O) groups excluding carboxylic acids is 2. The molecule has 1 aliphatic rings. The number of likely N-dealkylation sites (tertiary alicyclic amines) is 1. The molecule has 0 radical (unpaired) electrons. The van der Waals surface area contributed by atoms with E-state index in [9.17, 15) is 14.7 Å². The van der Waals surface area contributed by atoms with Gasteiger partial charge in [-0.05, 0) is 78.9 Å². The third-order valence-corrected chi connectivity index (χ3v) is 5.96. The van der Waals surface area contributed by atoms with Gasteiger partial charge in [-0.15, -0.1) is 0 Å². The number of halogens is 1. The summed E-state index contributed by atoms with van der Waals surface area (Å²) in [6.45, 7) is 1.01. The van der Waals surface area contributed by atoms with Gasteiger partial charge in [0.2, 0.25) is 5.91 Å². The average molecular weight is 449 g/mol. The van der Waals surface area contributed by atoms with Crippen molar-refractivity contribution in [1.29, 1.82) is 0 Å². The van der Waals surface area contributed by atoms with Gasteiger partial charge in [0.1, 0.15) is 5.75 Å². The fraction of sp³-hybridized carbons (Fsp3) is 0.231.